The van der Waals surface area contributed by atoms with Crippen LogP contribution in [0.15, 0.2) is 73.7 Å². The SMILES string of the molecule is C.C=C(C(C)C)N(C)C1CCN(C)C1.C=C(C(C)C)N(C)C1CCN(C)CC1.C=C(C(C)C)N(C)C1CCNC1.C=C(C(C)C)N(C)C1CCNCC1.C=C(NC1CCNC1)C(C)C.C=C(NC1CCNCC1)C(C)C. The van der Waals surface area contributed by atoms with Gasteiger partial charge in [0, 0.05) is 118 Å². The first-order chi connectivity index (χ1) is 35.2. The first kappa shape index (κ1) is 73.0. The summed E-state index contributed by atoms with van der Waals surface area (Å²) in [5, 5.41) is 20.3. The zero-order valence-electron chi connectivity index (χ0n) is 52.7. The summed E-state index contributed by atoms with van der Waals surface area (Å²) in [6, 6.07) is 4.03. The average molecular weight is 1070 g/mol. The molecule has 446 valence electrons. The Morgan fingerprint density at radius 2 is 0.684 bits per heavy atom. The standard InChI is InChI=1S/C12H24N2.2C11H22N2.2C10H20N2.C9H18N2.CH4/c1-10(2)11(3)14(5)12-6-8-13(4)9-7-12;1-9(2)10(3)13(5)11-6-7-12(4)8-11;1-9(2)10(3)13(4)11-5-7-12-8-6-11;1-8(2)9(3)12(4)10-5-6-11-7-10;1-8(2)9(3)12-10-4-6-11-7-5-10;1-7(2)8(3)11-9-4-5-10-6-9;/h10,12H,3,6-9H2,1-2,4-5H3;9,11H,3,6-8H2,1-2,4-5H3;9,11-12H,3,5-8H2,1-2,4H3;8,10-11H,3,5-7H2,1-2,4H3;8,10-12H,3-7H2,1-2H3;7,9-11H,3-6H2,1-2H3;1H4. The predicted octanol–water partition coefficient (Wildman–Crippen LogP) is 10.5. The van der Waals surface area contributed by atoms with Crippen molar-refractivity contribution in [1.82, 2.24) is 61.3 Å². The van der Waals surface area contributed by atoms with Crippen LogP contribution in [0.25, 0.3) is 0 Å². The highest BCUT2D eigenvalue weighted by molar-refractivity contribution is 5.03. The van der Waals surface area contributed by atoms with Crippen LogP contribution < -0.4 is 31.9 Å². The lowest BCUT2D eigenvalue weighted by Crippen LogP contribution is -2.41. The normalized spacial score (nSPS) is 21.3. The zero-order valence-corrected chi connectivity index (χ0v) is 52.7. The number of piperidine rings is 3. The molecule has 6 N–H and O–H groups in total. The molecular formula is C64H130N12. The Kier molecular flexibility index (Phi) is 37.8. The first-order valence-corrected chi connectivity index (χ1v) is 30.0. The Morgan fingerprint density at radius 1 is 0.382 bits per heavy atom. The largest absolute Gasteiger partial charge is 0.386 e. The van der Waals surface area contributed by atoms with Crippen molar-refractivity contribution in [3.8, 4) is 0 Å². The van der Waals surface area contributed by atoms with Crippen molar-refractivity contribution >= 4 is 0 Å². The van der Waals surface area contributed by atoms with Crippen LogP contribution >= 0.6 is 0 Å². The molecule has 6 aliphatic rings. The number of hydrogen-bond donors (Lipinski definition) is 6. The molecule has 12 heteroatoms. The van der Waals surface area contributed by atoms with Crippen LogP contribution in [0.1, 0.15) is 148 Å². The molecule has 76 heavy (non-hydrogen) atoms. The number of rotatable bonds is 18. The molecular weight excluding hydrogens is 937 g/mol. The lowest BCUT2D eigenvalue weighted by Gasteiger charge is -2.38. The van der Waals surface area contributed by atoms with E-state index in [1.54, 1.807) is 0 Å². The lowest BCUT2D eigenvalue weighted by atomic mass is 10.0. The fraction of sp³-hybridized carbons (Fsp3) is 0.812. The summed E-state index contributed by atoms with van der Waals surface area (Å²) in [5.41, 5.74) is 7.41. The number of hydrogen-bond acceptors (Lipinski definition) is 12. The molecule has 6 rings (SSSR count). The predicted molar refractivity (Wildman–Crippen MR) is 339 cm³/mol. The summed E-state index contributed by atoms with van der Waals surface area (Å²) in [5.74, 6) is 3.38. The van der Waals surface area contributed by atoms with Gasteiger partial charge in [-0.05, 0) is 166 Å². The number of nitrogens with zero attached hydrogens (tertiary/aromatic N) is 6. The van der Waals surface area contributed by atoms with E-state index >= 15 is 0 Å². The van der Waals surface area contributed by atoms with Crippen LogP contribution in [-0.2, 0) is 0 Å². The third-order valence-corrected chi connectivity index (χ3v) is 16.6. The van der Waals surface area contributed by atoms with Crippen molar-refractivity contribution in [2.24, 2.45) is 35.5 Å². The molecule has 3 atom stereocenters. The smallest absolute Gasteiger partial charge is 0.0422 e. The van der Waals surface area contributed by atoms with Gasteiger partial charge >= 0.3 is 0 Å². The van der Waals surface area contributed by atoms with E-state index in [-0.39, 0.29) is 7.43 Å². The van der Waals surface area contributed by atoms with Crippen molar-refractivity contribution < 1.29 is 0 Å². The summed E-state index contributed by atoms with van der Waals surface area (Å²) in [7, 11) is 13.1. The van der Waals surface area contributed by atoms with Crippen LogP contribution in [-0.4, -0.2) is 186 Å². The van der Waals surface area contributed by atoms with E-state index in [1.165, 1.54) is 118 Å². The Hall–Kier alpha value is -3.00. The quantitative estimate of drug-likeness (QED) is 0.0790. The second-order valence-corrected chi connectivity index (χ2v) is 24.8. The number of nitrogens with one attached hydrogen (secondary N) is 6. The molecule has 0 aromatic rings. The Bertz CT molecular complexity index is 1560. The van der Waals surface area contributed by atoms with E-state index in [1.807, 2.05) is 0 Å². The molecule has 6 fully saturated rings. The Balaban J connectivity index is 0.000000887. The highest BCUT2D eigenvalue weighted by Gasteiger charge is 2.26. The maximum Gasteiger partial charge on any atom is 0.0422 e. The molecule has 0 spiro atoms. The van der Waals surface area contributed by atoms with Gasteiger partial charge in [-0.1, -0.05) is 130 Å². The molecule has 6 heterocycles. The summed E-state index contributed by atoms with van der Waals surface area (Å²) in [6.07, 6.45) is 11.3. The van der Waals surface area contributed by atoms with Crippen molar-refractivity contribution in [3.63, 3.8) is 0 Å². The van der Waals surface area contributed by atoms with Crippen LogP contribution in [0.5, 0.6) is 0 Å². The van der Waals surface area contributed by atoms with Crippen LogP contribution in [0, 0.1) is 35.5 Å². The number of likely N-dealkylation sites (tertiary alicyclic amines) is 2. The van der Waals surface area contributed by atoms with E-state index in [0.29, 0.717) is 71.8 Å². The molecule has 0 aliphatic carbocycles. The van der Waals surface area contributed by atoms with Gasteiger partial charge in [-0.15, -0.1) is 0 Å². The van der Waals surface area contributed by atoms with E-state index < -0.39 is 0 Å². The zero-order chi connectivity index (χ0) is 56.9. The van der Waals surface area contributed by atoms with Crippen molar-refractivity contribution in [2.75, 3.05) is 121 Å². The summed E-state index contributed by atoms with van der Waals surface area (Å²) in [4.78, 5) is 14.2. The maximum atomic E-state index is 4.16. The van der Waals surface area contributed by atoms with E-state index in [0.717, 1.165) is 52.4 Å². The molecule has 0 aromatic heterocycles. The number of allylic oxidation sites excluding steroid dienone is 6. The third-order valence-electron chi connectivity index (χ3n) is 16.6. The molecule has 0 amide bonds. The van der Waals surface area contributed by atoms with E-state index in [4.69, 9.17) is 0 Å². The van der Waals surface area contributed by atoms with Gasteiger partial charge in [0.05, 0.1) is 0 Å². The molecule has 0 saturated carbocycles. The van der Waals surface area contributed by atoms with Gasteiger partial charge in [0.1, 0.15) is 0 Å². The van der Waals surface area contributed by atoms with Crippen LogP contribution in [0.2, 0.25) is 0 Å². The molecule has 12 nitrogen and oxygen atoms in total. The third kappa shape index (κ3) is 28.8. The summed E-state index contributed by atoms with van der Waals surface area (Å²) < 4.78 is 0. The van der Waals surface area contributed by atoms with Crippen LogP contribution in [0.4, 0.5) is 0 Å². The van der Waals surface area contributed by atoms with Gasteiger partial charge in [-0.3, -0.25) is 0 Å². The second-order valence-electron chi connectivity index (χ2n) is 24.8. The minimum Gasteiger partial charge on any atom is -0.386 e. The fourth-order valence-corrected chi connectivity index (χ4v) is 9.94. The molecule has 6 saturated heterocycles. The second kappa shape index (κ2) is 39.4. The van der Waals surface area contributed by atoms with E-state index in [9.17, 15) is 0 Å². The topological polar surface area (TPSA) is 91.6 Å². The van der Waals surface area contributed by atoms with Gasteiger partial charge in [-0.2, -0.15) is 0 Å². The minimum absolute atomic E-state index is 0. The van der Waals surface area contributed by atoms with Crippen molar-refractivity contribution in [3.05, 3.63) is 73.7 Å². The first-order valence-electron chi connectivity index (χ1n) is 30.0. The maximum absolute atomic E-state index is 4.16. The van der Waals surface area contributed by atoms with Crippen molar-refractivity contribution in [2.45, 2.75) is 185 Å². The molecule has 6 aliphatic heterocycles. The summed E-state index contributed by atoms with van der Waals surface area (Å²) >= 11 is 0. The fourth-order valence-electron chi connectivity index (χ4n) is 9.94. The highest BCUT2D eigenvalue weighted by Crippen LogP contribution is 2.23. The van der Waals surface area contributed by atoms with Crippen LogP contribution in [0.3, 0.4) is 0 Å². The van der Waals surface area contributed by atoms with Gasteiger partial charge in [0.2, 0.25) is 0 Å². The van der Waals surface area contributed by atoms with Gasteiger partial charge < -0.3 is 61.3 Å². The monoisotopic (exact) mass is 1070 g/mol. The molecule has 3 unspecified atom stereocenters. The lowest BCUT2D eigenvalue weighted by molar-refractivity contribution is 0.163. The number of likely N-dealkylation sites (N-methyl/N-ethyl adjacent to an activating group) is 3. The minimum atomic E-state index is 0. The van der Waals surface area contributed by atoms with Gasteiger partial charge in [0.15, 0.2) is 0 Å². The Morgan fingerprint density at radius 3 is 1.04 bits per heavy atom. The van der Waals surface area contributed by atoms with Gasteiger partial charge in [0.25, 0.3) is 0 Å². The summed E-state index contributed by atoms with van der Waals surface area (Å²) in [6.45, 7) is 64.8. The van der Waals surface area contributed by atoms with E-state index in [2.05, 4.69) is 226 Å². The molecule has 0 aromatic carbocycles. The highest BCUT2D eigenvalue weighted by atomic mass is 15.2. The molecule has 0 radical (unpaired) electrons. The average Bonchev–Trinajstić information content (AvgIpc) is 4.21. The van der Waals surface area contributed by atoms with Crippen molar-refractivity contribution in [1.29, 1.82) is 0 Å². The Labute approximate surface area is 473 Å². The molecule has 0 bridgehead atoms. The van der Waals surface area contributed by atoms with Gasteiger partial charge in [-0.25, -0.2) is 0 Å².